The molecule has 4 aromatic rings. The van der Waals surface area contributed by atoms with Crippen LogP contribution in [0.2, 0.25) is 5.02 Å². The fraction of sp³-hybridized carbons (Fsp3) is 0.0800. The quantitative estimate of drug-likeness (QED) is 0.303. The second kappa shape index (κ2) is 9.49. The highest BCUT2D eigenvalue weighted by atomic mass is 35.5. The third-order valence-electron chi connectivity index (χ3n) is 4.69. The third-order valence-corrected chi connectivity index (χ3v) is 5.02. The molecule has 3 aromatic carbocycles. The van der Waals surface area contributed by atoms with Crippen molar-refractivity contribution in [2.24, 2.45) is 0 Å². The number of aromatic nitrogens is 1. The van der Waals surface area contributed by atoms with Crippen LogP contribution in [0.25, 0.3) is 11.5 Å². The minimum absolute atomic E-state index is 0.0207. The van der Waals surface area contributed by atoms with E-state index in [9.17, 15) is 9.59 Å². The standard InChI is InChI=1S/C25H19ClN2O4/c1-16-22(28-25(31-16)17-7-3-2-4-8-17)15-23(29)32-19-13-11-18(12-14-19)27-24(30)20-9-5-6-10-21(20)26/h2-14H,15H2,1H3,(H,27,30). The minimum atomic E-state index is -0.464. The fourth-order valence-electron chi connectivity index (χ4n) is 3.05. The Morgan fingerprint density at radius 1 is 0.969 bits per heavy atom. The molecule has 0 bridgehead atoms. The number of halogens is 1. The van der Waals surface area contributed by atoms with E-state index in [1.54, 1.807) is 55.5 Å². The first-order valence-corrected chi connectivity index (χ1v) is 10.3. The summed E-state index contributed by atoms with van der Waals surface area (Å²) in [5, 5.41) is 3.13. The molecule has 0 aliphatic rings. The number of carbonyl (C=O) groups is 2. The van der Waals surface area contributed by atoms with Gasteiger partial charge in [0.05, 0.1) is 22.7 Å². The van der Waals surface area contributed by atoms with Crippen molar-refractivity contribution in [3.63, 3.8) is 0 Å². The van der Waals surface area contributed by atoms with Crippen molar-refractivity contribution in [2.45, 2.75) is 13.3 Å². The summed E-state index contributed by atoms with van der Waals surface area (Å²) in [6.45, 7) is 1.76. The largest absolute Gasteiger partial charge is 0.441 e. The molecule has 0 aliphatic carbocycles. The zero-order chi connectivity index (χ0) is 22.5. The summed E-state index contributed by atoms with van der Waals surface area (Å²) in [5.41, 5.74) is 2.29. The van der Waals surface area contributed by atoms with Crippen LogP contribution in [-0.2, 0) is 11.2 Å². The summed E-state index contributed by atoms with van der Waals surface area (Å²) in [6.07, 6.45) is -0.0207. The van der Waals surface area contributed by atoms with Crippen LogP contribution in [0.5, 0.6) is 5.75 Å². The van der Waals surface area contributed by atoms with Gasteiger partial charge in [-0.15, -0.1) is 0 Å². The van der Waals surface area contributed by atoms with Crippen LogP contribution in [0, 0.1) is 6.92 Å². The number of oxazole rings is 1. The molecule has 1 aromatic heterocycles. The first-order valence-electron chi connectivity index (χ1n) is 9.88. The van der Waals surface area contributed by atoms with Crippen molar-refractivity contribution in [2.75, 3.05) is 5.32 Å². The topological polar surface area (TPSA) is 81.4 Å². The van der Waals surface area contributed by atoms with Gasteiger partial charge in [-0.1, -0.05) is 41.9 Å². The number of aryl methyl sites for hydroxylation is 1. The van der Waals surface area contributed by atoms with Crippen LogP contribution >= 0.6 is 11.6 Å². The Morgan fingerprint density at radius 3 is 2.38 bits per heavy atom. The number of nitrogens with zero attached hydrogens (tertiary/aromatic N) is 1. The van der Waals surface area contributed by atoms with E-state index in [1.165, 1.54) is 0 Å². The molecule has 0 unspecified atom stereocenters. The number of anilines is 1. The van der Waals surface area contributed by atoms with Crippen molar-refractivity contribution in [3.05, 3.63) is 101 Å². The summed E-state index contributed by atoms with van der Waals surface area (Å²) < 4.78 is 11.1. The normalized spacial score (nSPS) is 10.6. The Balaban J connectivity index is 1.37. The van der Waals surface area contributed by atoms with Crippen LogP contribution in [-0.4, -0.2) is 16.9 Å². The van der Waals surface area contributed by atoms with E-state index in [0.29, 0.717) is 39.4 Å². The van der Waals surface area contributed by atoms with E-state index >= 15 is 0 Å². The molecule has 6 nitrogen and oxygen atoms in total. The van der Waals surface area contributed by atoms with E-state index < -0.39 is 5.97 Å². The lowest BCUT2D eigenvalue weighted by Crippen LogP contribution is -2.13. The Morgan fingerprint density at radius 2 is 1.66 bits per heavy atom. The van der Waals surface area contributed by atoms with Gasteiger partial charge in [0.1, 0.15) is 11.5 Å². The second-order valence-corrected chi connectivity index (χ2v) is 7.40. The molecule has 0 atom stereocenters. The number of rotatable bonds is 6. The highest BCUT2D eigenvalue weighted by Gasteiger charge is 2.16. The van der Waals surface area contributed by atoms with Crippen LogP contribution in [0.3, 0.4) is 0 Å². The molecule has 0 fully saturated rings. The minimum Gasteiger partial charge on any atom is -0.441 e. The number of ether oxygens (including phenoxy) is 1. The molecule has 1 amide bonds. The maximum Gasteiger partial charge on any atom is 0.317 e. The maximum atomic E-state index is 12.4. The molecular formula is C25H19ClN2O4. The van der Waals surface area contributed by atoms with Crippen LogP contribution in [0.15, 0.2) is 83.3 Å². The van der Waals surface area contributed by atoms with Gasteiger partial charge in [-0.05, 0) is 55.5 Å². The van der Waals surface area contributed by atoms with E-state index in [2.05, 4.69) is 10.3 Å². The molecule has 0 spiro atoms. The number of nitrogens with one attached hydrogen (secondary N) is 1. The average Bonchev–Trinajstić information content (AvgIpc) is 3.16. The number of esters is 1. The molecule has 4 rings (SSSR count). The van der Waals surface area contributed by atoms with Crippen LogP contribution in [0.4, 0.5) is 5.69 Å². The molecule has 7 heteroatoms. The number of carbonyl (C=O) groups excluding carboxylic acids is 2. The molecule has 0 radical (unpaired) electrons. The van der Waals surface area contributed by atoms with Crippen molar-refractivity contribution in [3.8, 4) is 17.2 Å². The van der Waals surface area contributed by atoms with E-state index in [0.717, 1.165) is 5.56 Å². The number of benzene rings is 3. The fourth-order valence-corrected chi connectivity index (χ4v) is 3.27. The van der Waals surface area contributed by atoms with Gasteiger partial charge in [-0.2, -0.15) is 0 Å². The molecule has 0 saturated heterocycles. The summed E-state index contributed by atoms with van der Waals surface area (Å²) >= 11 is 6.05. The molecular weight excluding hydrogens is 428 g/mol. The molecule has 1 N–H and O–H groups in total. The average molecular weight is 447 g/mol. The van der Waals surface area contributed by atoms with Gasteiger partial charge in [0.25, 0.3) is 5.91 Å². The van der Waals surface area contributed by atoms with E-state index in [-0.39, 0.29) is 12.3 Å². The lowest BCUT2D eigenvalue weighted by Gasteiger charge is -2.08. The van der Waals surface area contributed by atoms with Gasteiger partial charge >= 0.3 is 5.97 Å². The summed E-state index contributed by atoms with van der Waals surface area (Å²) in [6, 6.07) is 22.8. The molecule has 160 valence electrons. The van der Waals surface area contributed by atoms with E-state index in [1.807, 2.05) is 30.3 Å². The van der Waals surface area contributed by atoms with E-state index in [4.69, 9.17) is 20.8 Å². The summed E-state index contributed by atoms with van der Waals surface area (Å²) in [7, 11) is 0. The van der Waals surface area contributed by atoms with Crippen molar-refractivity contribution < 1.29 is 18.7 Å². The summed E-state index contributed by atoms with van der Waals surface area (Å²) in [5.74, 6) is 0.600. The van der Waals surface area contributed by atoms with Gasteiger partial charge in [0.2, 0.25) is 5.89 Å². The maximum absolute atomic E-state index is 12.4. The Labute approximate surface area is 189 Å². The molecule has 32 heavy (non-hydrogen) atoms. The number of amides is 1. The van der Waals surface area contributed by atoms with Crippen molar-refractivity contribution in [1.82, 2.24) is 4.98 Å². The predicted molar refractivity (Wildman–Crippen MR) is 122 cm³/mol. The van der Waals surface area contributed by atoms with Gasteiger partial charge < -0.3 is 14.5 Å². The highest BCUT2D eigenvalue weighted by molar-refractivity contribution is 6.34. The lowest BCUT2D eigenvalue weighted by molar-refractivity contribution is -0.133. The van der Waals surface area contributed by atoms with Crippen molar-refractivity contribution in [1.29, 1.82) is 0 Å². The first kappa shape index (κ1) is 21.3. The van der Waals surface area contributed by atoms with Gasteiger partial charge in [0, 0.05) is 11.3 Å². The predicted octanol–water partition coefficient (Wildman–Crippen LogP) is 5.70. The molecule has 1 heterocycles. The third kappa shape index (κ3) is 5.04. The monoisotopic (exact) mass is 446 g/mol. The highest BCUT2D eigenvalue weighted by Crippen LogP contribution is 2.23. The van der Waals surface area contributed by atoms with Gasteiger partial charge in [-0.3, -0.25) is 9.59 Å². The first-order chi connectivity index (χ1) is 15.5. The van der Waals surface area contributed by atoms with Crippen molar-refractivity contribution >= 4 is 29.2 Å². The zero-order valence-corrected chi connectivity index (χ0v) is 17.9. The van der Waals surface area contributed by atoms with Gasteiger partial charge in [0.15, 0.2) is 0 Å². The number of hydrogen-bond donors (Lipinski definition) is 1. The second-order valence-electron chi connectivity index (χ2n) is 7.00. The zero-order valence-electron chi connectivity index (χ0n) is 17.2. The molecule has 0 aliphatic heterocycles. The van der Waals surface area contributed by atoms with Gasteiger partial charge in [-0.25, -0.2) is 4.98 Å². The summed E-state index contributed by atoms with van der Waals surface area (Å²) in [4.78, 5) is 29.1. The molecule has 0 saturated carbocycles. The van der Waals surface area contributed by atoms with Crippen LogP contribution in [0.1, 0.15) is 21.8 Å². The Bertz CT molecular complexity index is 1250. The SMILES string of the molecule is Cc1oc(-c2ccccc2)nc1CC(=O)Oc1ccc(NC(=O)c2ccccc2Cl)cc1. The number of hydrogen-bond acceptors (Lipinski definition) is 5. The smallest absolute Gasteiger partial charge is 0.317 e. The Kier molecular flexibility index (Phi) is 6.33. The Hall–Kier alpha value is -3.90. The van der Waals surface area contributed by atoms with Crippen LogP contribution < -0.4 is 10.1 Å². The lowest BCUT2D eigenvalue weighted by atomic mass is 10.2.